The predicted octanol–water partition coefficient (Wildman–Crippen LogP) is 2.85. The van der Waals surface area contributed by atoms with E-state index >= 15 is 0 Å². The standard InChI is InChI=1S/C18H26N2O3S/c1-12(2)10-13(5-6-14-4-3-9-24-14)19-18(22)20-8-7-16-17(20)15(21)11-23-16/h3-4,9,12-13,16-17H,5-8,10-11H2,1-2H3,(H,19,22)/t13-,16-,17-/m1/s1. The fourth-order valence-electron chi connectivity index (χ4n) is 3.67. The number of nitrogens with one attached hydrogen (secondary N) is 1. The Kier molecular flexibility index (Phi) is 5.56. The molecule has 0 spiro atoms. The summed E-state index contributed by atoms with van der Waals surface area (Å²) < 4.78 is 5.47. The Morgan fingerprint density at radius 1 is 1.50 bits per heavy atom. The second-order valence-corrected chi connectivity index (χ2v) is 8.17. The lowest BCUT2D eigenvalue weighted by atomic mass is 9.99. The van der Waals surface area contributed by atoms with Gasteiger partial charge in [0.1, 0.15) is 12.6 Å². The molecule has 132 valence electrons. The highest BCUT2D eigenvalue weighted by Crippen LogP contribution is 2.27. The van der Waals surface area contributed by atoms with Crippen LogP contribution in [0, 0.1) is 5.92 Å². The molecular formula is C18H26N2O3S. The zero-order chi connectivity index (χ0) is 17.1. The van der Waals surface area contributed by atoms with Crippen LogP contribution in [0.2, 0.25) is 0 Å². The van der Waals surface area contributed by atoms with Crippen LogP contribution in [-0.2, 0) is 16.0 Å². The molecule has 1 aromatic heterocycles. The van der Waals surface area contributed by atoms with Gasteiger partial charge in [0.05, 0.1) is 6.10 Å². The van der Waals surface area contributed by atoms with E-state index in [1.165, 1.54) is 4.88 Å². The van der Waals surface area contributed by atoms with Crippen molar-refractivity contribution in [1.82, 2.24) is 10.2 Å². The van der Waals surface area contributed by atoms with Crippen molar-refractivity contribution in [3.63, 3.8) is 0 Å². The first-order chi connectivity index (χ1) is 11.5. The van der Waals surface area contributed by atoms with E-state index in [1.807, 2.05) is 0 Å². The molecule has 2 amide bonds. The summed E-state index contributed by atoms with van der Waals surface area (Å²) in [6, 6.07) is 3.85. The lowest BCUT2D eigenvalue weighted by Gasteiger charge is -2.27. The Balaban J connectivity index is 1.59. The molecule has 3 atom stereocenters. The van der Waals surface area contributed by atoms with Gasteiger partial charge in [0.15, 0.2) is 5.78 Å². The van der Waals surface area contributed by atoms with Crippen LogP contribution in [0.25, 0.3) is 0 Å². The van der Waals surface area contributed by atoms with Crippen molar-refractivity contribution in [3.05, 3.63) is 22.4 Å². The molecule has 1 N–H and O–H groups in total. The molecule has 1 aromatic rings. The third-order valence-corrected chi connectivity index (χ3v) is 5.71. The molecule has 3 rings (SSSR count). The summed E-state index contributed by atoms with van der Waals surface area (Å²) in [6.45, 7) is 5.09. The van der Waals surface area contributed by atoms with Crippen LogP contribution in [0.15, 0.2) is 17.5 Å². The summed E-state index contributed by atoms with van der Waals surface area (Å²) in [5.41, 5.74) is 0. The summed E-state index contributed by atoms with van der Waals surface area (Å²) in [6.07, 6.45) is 3.51. The number of nitrogens with zero attached hydrogens (tertiary/aromatic N) is 1. The van der Waals surface area contributed by atoms with Gasteiger partial charge in [0.25, 0.3) is 0 Å². The first-order valence-electron chi connectivity index (χ1n) is 8.78. The van der Waals surface area contributed by atoms with Crippen molar-refractivity contribution in [2.75, 3.05) is 13.2 Å². The Labute approximate surface area is 147 Å². The van der Waals surface area contributed by atoms with Crippen LogP contribution < -0.4 is 5.32 Å². The highest BCUT2D eigenvalue weighted by atomic mass is 32.1. The topological polar surface area (TPSA) is 58.6 Å². The number of carbonyl (C=O) groups excluding carboxylic acids is 2. The molecule has 5 nitrogen and oxygen atoms in total. The van der Waals surface area contributed by atoms with Gasteiger partial charge < -0.3 is 15.0 Å². The van der Waals surface area contributed by atoms with Gasteiger partial charge in [-0.1, -0.05) is 19.9 Å². The number of aryl methyl sites for hydroxylation is 1. The minimum Gasteiger partial charge on any atom is -0.368 e. The van der Waals surface area contributed by atoms with Gasteiger partial charge >= 0.3 is 6.03 Å². The van der Waals surface area contributed by atoms with Crippen molar-refractivity contribution in [2.24, 2.45) is 5.92 Å². The van der Waals surface area contributed by atoms with Crippen LogP contribution >= 0.6 is 11.3 Å². The SMILES string of the molecule is CC(C)C[C@@H](CCc1cccs1)NC(=O)N1CC[C@H]2OCC(=O)[C@H]21. The van der Waals surface area contributed by atoms with Crippen molar-refractivity contribution < 1.29 is 14.3 Å². The summed E-state index contributed by atoms with van der Waals surface area (Å²) in [7, 11) is 0. The number of ether oxygens (including phenoxy) is 1. The van der Waals surface area contributed by atoms with Gasteiger partial charge in [-0.2, -0.15) is 0 Å². The molecule has 2 saturated heterocycles. The van der Waals surface area contributed by atoms with Crippen LogP contribution in [-0.4, -0.2) is 48.1 Å². The van der Waals surface area contributed by atoms with Gasteiger partial charge in [-0.3, -0.25) is 4.79 Å². The Morgan fingerprint density at radius 3 is 3.04 bits per heavy atom. The lowest BCUT2D eigenvalue weighted by Crippen LogP contribution is -2.50. The second-order valence-electron chi connectivity index (χ2n) is 7.14. The molecule has 3 heterocycles. The van der Waals surface area contributed by atoms with Crippen LogP contribution in [0.1, 0.15) is 38.0 Å². The van der Waals surface area contributed by atoms with Gasteiger partial charge in [0.2, 0.25) is 0 Å². The summed E-state index contributed by atoms with van der Waals surface area (Å²) in [5.74, 6) is 0.549. The molecule has 6 heteroatoms. The number of hydrogen-bond donors (Lipinski definition) is 1. The average Bonchev–Trinajstić information content (AvgIpc) is 3.23. The third-order valence-electron chi connectivity index (χ3n) is 4.78. The predicted molar refractivity (Wildman–Crippen MR) is 94.3 cm³/mol. The van der Waals surface area contributed by atoms with E-state index in [4.69, 9.17) is 4.74 Å². The molecular weight excluding hydrogens is 324 g/mol. The first kappa shape index (κ1) is 17.4. The molecule has 0 aliphatic carbocycles. The van der Waals surface area contributed by atoms with Crippen molar-refractivity contribution in [3.8, 4) is 0 Å². The summed E-state index contributed by atoms with van der Waals surface area (Å²) >= 11 is 1.76. The van der Waals surface area contributed by atoms with Crippen LogP contribution in [0.3, 0.4) is 0 Å². The van der Waals surface area contributed by atoms with E-state index in [1.54, 1.807) is 16.2 Å². The van der Waals surface area contributed by atoms with Crippen molar-refractivity contribution >= 4 is 23.2 Å². The molecule has 0 unspecified atom stereocenters. The minimum absolute atomic E-state index is 0.0339. The molecule has 2 aliphatic rings. The molecule has 24 heavy (non-hydrogen) atoms. The fourth-order valence-corrected chi connectivity index (χ4v) is 4.39. The fraction of sp³-hybridized carbons (Fsp3) is 0.667. The molecule has 0 aromatic carbocycles. The number of fused-ring (bicyclic) bond motifs is 1. The number of carbonyl (C=O) groups is 2. The largest absolute Gasteiger partial charge is 0.368 e. The van der Waals surface area contributed by atoms with Crippen molar-refractivity contribution in [2.45, 2.75) is 57.7 Å². The van der Waals surface area contributed by atoms with Crippen LogP contribution in [0.5, 0.6) is 0 Å². The Bertz CT molecular complexity index is 573. The molecule has 2 fully saturated rings. The maximum absolute atomic E-state index is 12.7. The normalized spacial score (nSPS) is 24.5. The van der Waals surface area contributed by atoms with Crippen molar-refractivity contribution in [1.29, 1.82) is 0 Å². The number of Topliss-reactive ketones (excluding diaryl/α,β-unsaturated/α-hetero) is 1. The molecule has 0 saturated carbocycles. The monoisotopic (exact) mass is 350 g/mol. The van der Waals surface area contributed by atoms with E-state index in [2.05, 4.69) is 36.7 Å². The molecule has 2 aliphatic heterocycles. The minimum atomic E-state index is -0.373. The van der Waals surface area contributed by atoms with E-state index in [-0.39, 0.29) is 36.6 Å². The smallest absolute Gasteiger partial charge is 0.318 e. The van der Waals surface area contributed by atoms with Gasteiger partial charge in [-0.15, -0.1) is 11.3 Å². The lowest BCUT2D eigenvalue weighted by molar-refractivity contribution is -0.120. The van der Waals surface area contributed by atoms with Crippen LogP contribution in [0.4, 0.5) is 4.79 Å². The highest BCUT2D eigenvalue weighted by molar-refractivity contribution is 7.09. The molecule has 0 bridgehead atoms. The third kappa shape index (κ3) is 3.98. The number of thiophene rings is 1. The van der Waals surface area contributed by atoms with E-state index in [0.717, 1.165) is 25.7 Å². The quantitative estimate of drug-likeness (QED) is 0.858. The average molecular weight is 350 g/mol. The zero-order valence-corrected chi connectivity index (χ0v) is 15.2. The van der Waals surface area contributed by atoms with Gasteiger partial charge in [-0.05, 0) is 43.0 Å². The highest BCUT2D eigenvalue weighted by Gasteiger charge is 2.46. The Morgan fingerprint density at radius 2 is 2.33 bits per heavy atom. The second kappa shape index (κ2) is 7.66. The van der Waals surface area contributed by atoms with E-state index in [9.17, 15) is 9.59 Å². The summed E-state index contributed by atoms with van der Waals surface area (Å²) in [5, 5.41) is 5.25. The maximum Gasteiger partial charge on any atom is 0.318 e. The number of urea groups is 1. The zero-order valence-electron chi connectivity index (χ0n) is 14.4. The first-order valence-corrected chi connectivity index (χ1v) is 9.66. The number of hydrogen-bond acceptors (Lipinski definition) is 4. The Hall–Kier alpha value is -1.40. The number of rotatable bonds is 6. The number of amides is 2. The van der Waals surface area contributed by atoms with Gasteiger partial charge in [-0.25, -0.2) is 4.79 Å². The number of ketones is 1. The van der Waals surface area contributed by atoms with E-state index in [0.29, 0.717) is 12.5 Å². The maximum atomic E-state index is 12.7. The van der Waals surface area contributed by atoms with Gasteiger partial charge in [0, 0.05) is 17.5 Å². The molecule has 0 radical (unpaired) electrons. The van der Waals surface area contributed by atoms with E-state index < -0.39 is 0 Å². The number of likely N-dealkylation sites (tertiary alicyclic amines) is 1. The summed E-state index contributed by atoms with van der Waals surface area (Å²) in [4.78, 5) is 27.7.